The zero-order valence-corrected chi connectivity index (χ0v) is 24.0. The number of amides is 1. The number of hydrogen-bond acceptors (Lipinski definition) is 8. The van der Waals surface area contributed by atoms with Gasteiger partial charge in [0.05, 0.1) is 27.4 Å². The molecule has 9 nitrogen and oxygen atoms in total. The molecule has 0 bridgehead atoms. The molecule has 0 aromatic heterocycles. The first-order valence-electron chi connectivity index (χ1n) is 13.9. The molecule has 3 rings (SSSR count). The fourth-order valence-corrected chi connectivity index (χ4v) is 4.73. The summed E-state index contributed by atoms with van der Waals surface area (Å²) in [4.78, 5) is 37.7. The first-order chi connectivity index (χ1) is 19.3. The molecule has 0 radical (unpaired) electrons. The van der Waals surface area contributed by atoms with Crippen LogP contribution in [-0.4, -0.2) is 58.2 Å². The van der Waals surface area contributed by atoms with Crippen LogP contribution in [0.25, 0.3) is 0 Å². The van der Waals surface area contributed by atoms with Crippen LogP contribution in [0.15, 0.2) is 30.3 Å². The summed E-state index contributed by atoms with van der Waals surface area (Å²) in [6.07, 6.45) is 5.80. The molecule has 0 saturated heterocycles. The minimum Gasteiger partial charge on any atom is -0.496 e. The van der Waals surface area contributed by atoms with Crippen LogP contribution in [-0.2, 0) is 27.2 Å². The first-order valence-corrected chi connectivity index (χ1v) is 13.9. The number of nitrogens with one attached hydrogen (secondary N) is 1. The van der Waals surface area contributed by atoms with Gasteiger partial charge in [0.15, 0.2) is 18.1 Å². The number of benzene rings is 2. The van der Waals surface area contributed by atoms with Gasteiger partial charge >= 0.3 is 5.97 Å². The number of esters is 1. The van der Waals surface area contributed by atoms with Crippen LogP contribution >= 0.6 is 0 Å². The van der Waals surface area contributed by atoms with Crippen LogP contribution in [0.5, 0.6) is 23.0 Å². The van der Waals surface area contributed by atoms with Crippen molar-refractivity contribution >= 4 is 17.7 Å². The lowest BCUT2D eigenvalue weighted by Gasteiger charge is -2.19. The molecule has 9 heteroatoms. The summed E-state index contributed by atoms with van der Waals surface area (Å²) in [5, 5.41) is 2.86. The fraction of sp³-hybridized carbons (Fsp3) is 0.516. The van der Waals surface area contributed by atoms with E-state index in [0.29, 0.717) is 73.6 Å². The van der Waals surface area contributed by atoms with Crippen molar-refractivity contribution in [2.24, 2.45) is 0 Å². The number of aryl methyl sites for hydroxylation is 1. The van der Waals surface area contributed by atoms with Gasteiger partial charge in [0.1, 0.15) is 22.8 Å². The van der Waals surface area contributed by atoms with Crippen LogP contribution in [0.2, 0.25) is 0 Å². The van der Waals surface area contributed by atoms with Gasteiger partial charge in [-0.2, -0.15) is 0 Å². The molecule has 1 aliphatic rings. The SMILES string of the molecule is COc1ccc(CCNC(=O)COc2cc3c(c(OC)c2)C(=O)O[C@@H](C)CCCC(=O)CCCCC3)cc1OC. The number of carbonyl (C=O) groups is 3. The fourth-order valence-electron chi connectivity index (χ4n) is 4.73. The van der Waals surface area contributed by atoms with Gasteiger partial charge in [-0.3, -0.25) is 9.59 Å². The van der Waals surface area contributed by atoms with Crippen LogP contribution in [0.4, 0.5) is 0 Å². The summed E-state index contributed by atoms with van der Waals surface area (Å²) < 4.78 is 27.6. The Bertz CT molecular complexity index is 1160. The third kappa shape index (κ3) is 9.17. The summed E-state index contributed by atoms with van der Waals surface area (Å²) in [6.45, 7) is 2.08. The number of Topliss-reactive ketones (excluding diaryl/α,β-unsaturated/α-hetero) is 1. The second-order valence-electron chi connectivity index (χ2n) is 9.95. The maximum Gasteiger partial charge on any atom is 0.342 e. The van der Waals surface area contributed by atoms with E-state index in [9.17, 15) is 14.4 Å². The van der Waals surface area contributed by atoms with Gasteiger partial charge in [0.25, 0.3) is 5.91 Å². The van der Waals surface area contributed by atoms with Crippen LogP contribution < -0.4 is 24.3 Å². The molecule has 1 amide bonds. The monoisotopic (exact) mass is 555 g/mol. The first kappa shape index (κ1) is 30.8. The van der Waals surface area contributed by atoms with Crippen molar-refractivity contribution in [3.63, 3.8) is 0 Å². The summed E-state index contributed by atoms with van der Waals surface area (Å²) >= 11 is 0. The zero-order valence-electron chi connectivity index (χ0n) is 24.0. The molecular formula is C31H41NO8. The second-order valence-corrected chi connectivity index (χ2v) is 9.95. The summed E-state index contributed by atoms with van der Waals surface area (Å²) in [6, 6.07) is 9.03. The highest BCUT2D eigenvalue weighted by Gasteiger charge is 2.23. The maximum atomic E-state index is 13.1. The average Bonchev–Trinajstić information content (AvgIpc) is 2.94. The standard InChI is InChI=1S/C31H41NO8/c1-21-9-8-12-24(33)11-7-5-6-10-23-18-25(19-28(38-4)30(23)31(35)40-21)39-20-29(34)32-16-15-22-13-14-26(36-2)27(17-22)37-3/h13-14,17-19,21H,5-12,15-16,20H2,1-4H3,(H,32,34)/t21-/m0/s1. The van der Waals surface area contributed by atoms with E-state index in [-0.39, 0.29) is 24.4 Å². The summed E-state index contributed by atoms with van der Waals surface area (Å²) in [7, 11) is 4.66. The number of methoxy groups -OCH3 is 3. The molecule has 0 unspecified atom stereocenters. The van der Waals surface area contributed by atoms with E-state index < -0.39 is 5.97 Å². The lowest BCUT2D eigenvalue weighted by Crippen LogP contribution is -2.30. The van der Waals surface area contributed by atoms with Crippen molar-refractivity contribution in [2.45, 2.75) is 70.8 Å². The number of fused-ring (bicyclic) bond motifs is 1. The topological polar surface area (TPSA) is 109 Å². The lowest BCUT2D eigenvalue weighted by molar-refractivity contribution is -0.123. The van der Waals surface area contributed by atoms with Crippen molar-refractivity contribution in [2.75, 3.05) is 34.5 Å². The second kappa shape index (κ2) is 15.7. The van der Waals surface area contributed by atoms with E-state index in [1.54, 1.807) is 26.4 Å². The number of cyclic esters (lactones) is 1. The predicted octanol–water partition coefficient (Wildman–Crippen LogP) is 4.85. The van der Waals surface area contributed by atoms with Crippen molar-refractivity contribution in [3.8, 4) is 23.0 Å². The van der Waals surface area contributed by atoms with Gasteiger partial charge in [-0.05, 0) is 74.8 Å². The summed E-state index contributed by atoms with van der Waals surface area (Å²) in [5.41, 5.74) is 2.12. The van der Waals surface area contributed by atoms with Crippen molar-refractivity contribution < 1.29 is 38.1 Å². The largest absolute Gasteiger partial charge is 0.496 e. The molecule has 0 aliphatic carbocycles. The number of ketones is 1. The Morgan fingerprint density at radius 1 is 0.900 bits per heavy atom. The molecule has 218 valence electrons. The Morgan fingerprint density at radius 2 is 1.62 bits per heavy atom. The number of ether oxygens (including phenoxy) is 5. The quantitative estimate of drug-likeness (QED) is 0.438. The predicted molar refractivity (Wildman–Crippen MR) is 151 cm³/mol. The number of hydrogen-bond donors (Lipinski definition) is 1. The Kier molecular flexibility index (Phi) is 12.1. The average molecular weight is 556 g/mol. The Labute approximate surface area is 236 Å². The minimum absolute atomic E-state index is 0.183. The number of carbonyl (C=O) groups excluding carboxylic acids is 3. The van der Waals surface area contributed by atoms with Crippen molar-refractivity contribution in [1.82, 2.24) is 5.32 Å². The highest BCUT2D eigenvalue weighted by atomic mass is 16.5. The maximum absolute atomic E-state index is 13.1. The minimum atomic E-state index is -0.456. The third-order valence-electron chi connectivity index (χ3n) is 6.91. The molecule has 2 aromatic rings. The molecule has 1 N–H and O–H groups in total. The molecule has 40 heavy (non-hydrogen) atoms. The molecule has 0 fully saturated rings. The smallest absolute Gasteiger partial charge is 0.342 e. The van der Waals surface area contributed by atoms with Crippen LogP contribution in [0, 0.1) is 0 Å². The van der Waals surface area contributed by atoms with Gasteiger partial charge in [-0.15, -0.1) is 0 Å². The molecule has 2 aromatic carbocycles. The zero-order chi connectivity index (χ0) is 28.9. The normalized spacial score (nSPS) is 16.6. The van der Waals surface area contributed by atoms with E-state index in [1.807, 2.05) is 25.1 Å². The Balaban J connectivity index is 1.64. The lowest BCUT2D eigenvalue weighted by atomic mass is 9.98. The highest BCUT2D eigenvalue weighted by molar-refractivity contribution is 5.94. The van der Waals surface area contributed by atoms with E-state index in [1.165, 1.54) is 7.11 Å². The van der Waals surface area contributed by atoms with E-state index >= 15 is 0 Å². The number of rotatable bonds is 9. The van der Waals surface area contributed by atoms with Crippen molar-refractivity contribution in [3.05, 3.63) is 47.0 Å². The molecular weight excluding hydrogens is 514 g/mol. The van der Waals surface area contributed by atoms with Crippen LogP contribution in [0.3, 0.4) is 0 Å². The van der Waals surface area contributed by atoms with E-state index in [0.717, 1.165) is 30.4 Å². The van der Waals surface area contributed by atoms with Gasteiger partial charge in [0.2, 0.25) is 0 Å². The van der Waals surface area contributed by atoms with Crippen molar-refractivity contribution in [1.29, 1.82) is 0 Å². The molecule has 0 spiro atoms. The van der Waals surface area contributed by atoms with Crippen LogP contribution in [0.1, 0.15) is 73.4 Å². The van der Waals surface area contributed by atoms with Gasteiger partial charge in [-0.1, -0.05) is 12.5 Å². The Morgan fingerprint density at radius 3 is 2.38 bits per heavy atom. The Hall–Kier alpha value is -3.75. The third-order valence-corrected chi connectivity index (χ3v) is 6.91. The molecule has 1 heterocycles. The van der Waals surface area contributed by atoms with Gasteiger partial charge in [-0.25, -0.2) is 4.79 Å². The van der Waals surface area contributed by atoms with E-state index in [4.69, 9.17) is 23.7 Å². The summed E-state index contributed by atoms with van der Waals surface area (Å²) in [5.74, 6) is 1.60. The van der Waals surface area contributed by atoms with E-state index in [2.05, 4.69) is 5.32 Å². The van der Waals surface area contributed by atoms with Gasteiger partial charge in [0, 0.05) is 25.5 Å². The highest BCUT2D eigenvalue weighted by Crippen LogP contribution is 2.32. The molecule has 0 saturated carbocycles. The molecule has 1 aliphatic heterocycles. The molecule has 1 atom stereocenters. The van der Waals surface area contributed by atoms with Gasteiger partial charge < -0.3 is 29.0 Å².